The number of hydrogen-bond acceptors (Lipinski definition) is 5. The lowest BCUT2D eigenvalue weighted by atomic mass is 10.2. The number of nitrogens with one attached hydrogen (secondary N) is 1. The van der Waals surface area contributed by atoms with E-state index < -0.39 is 36.7 Å². The fourth-order valence-electron chi connectivity index (χ4n) is 1.15. The first-order valence-electron chi connectivity index (χ1n) is 4.69. The van der Waals surface area contributed by atoms with Gasteiger partial charge in [0.1, 0.15) is 15.2 Å². The summed E-state index contributed by atoms with van der Waals surface area (Å²) in [6, 6.07) is 2.69. The molecule has 11 heteroatoms. The number of carbonyl (C=O) groups excluding carboxylic acids is 1. The van der Waals surface area contributed by atoms with E-state index in [0.717, 1.165) is 12.1 Å². The van der Waals surface area contributed by atoms with Gasteiger partial charge in [0, 0.05) is 6.07 Å². The Morgan fingerprint density at radius 2 is 1.70 bits per heavy atom. The molecule has 0 heterocycles. The summed E-state index contributed by atoms with van der Waals surface area (Å²) in [5.74, 6) is -0.983. The first-order chi connectivity index (χ1) is 9.23. The molecule has 0 aliphatic heterocycles. The molecule has 8 nitrogen and oxygen atoms in total. The second-order valence-electron chi connectivity index (χ2n) is 3.24. The molecule has 1 N–H and O–H groups in total. The van der Waals surface area contributed by atoms with Crippen LogP contribution in [0.4, 0.5) is 17.1 Å². The van der Waals surface area contributed by atoms with Crippen LogP contribution in [0.5, 0.6) is 0 Å². The third-order valence-corrected chi connectivity index (χ3v) is 2.93. The van der Waals surface area contributed by atoms with Crippen LogP contribution >= 0.6 is 34.8 Å². The summed E-state index contributed by atoms with van der Waals surface area (Å²) in [6.07, 6.45) is 0. The molecule has 0 saturated heterocycles. The number of nitro groups is 2. The number of amides is 1. The van der Waals surface area contributed by atoms with Crippen molar-refractivity contribution in [3.8, 4) is 0 Å². The Morgan fingerprint density at radius 3 is 2.15 bits per heavy atom. The molecule has 0 fully saturated rings. The minimum atomic E-state index is -0.983. The van der Waals surface area contributed by atoms with Crippen molar-refractivity contribution in [1.82, 2.24) is 0 Å². The zero-order valence-corrected chi connectivity index (χ0v) is 11.6. The average Bonchev–Trinajstić information content (AvgIpc) is 2.37. The first kappa shape index (κ1) is 16.2. The van der Waals surface area contributed by atoms with Gasteiger partial charge in [-0.3, -0.25) is 25.0 Å². The summed E-state index contributed by atoms with van der Waals surface area (Å²) in [6.45, 7) is 0. The summed E-state index contributed by atoms with van der Waals surface area (Å²) in [4.78, 5) is 31.2. The monoisotopic (exact) mass is 339 g/mol. The molecule has 1 rings (SSSR count). The molecule has 0 saturated carbocycles. The molecule has 0 spiro atoms. The number of hydrogen-bond donors (Lipinski definition) is 1. The maximum atomic E-state index is 11.5. The third-order valence-electron chi connectivity index (χ3n) is 2.00. The van der Waals surface area contributed by atoms with Crippen molar-refractivity contribution < 1.29 is 14.6 Å². The van der Waals surface area contributed by atoms with Crippen molar-refractivity contribution in [2.45, 2.75) is 0 Å². The lowest BCUT2D eigenvalue weighted by Gasteiger charge is -2.05. The summed E-state index contributed by atoms with van der Waals surface area (Å²) in [7, 11) is 0. The van der Waals surface area contributed by atoms with E-state index >= 15 is 0 Å². The van der Waals surface area contributed by atoms with Gasteiger partial charge in [-0.25, -0.2) is 0 Å². The highest BCUT2D eigenvalue weighted by atomic mass is 35.5. The Kier molecular flexibility index (Phi) is 5.26. The largest absolute Gasteiger partial charge is 0.315 e. The molecular weight excluding hydrogens is 336 g/mol. The molecule has 106 valence electrons. The van der Waals surface area contributed by atoms with E-state index in [-0.39, 0.29) is 5.69 Å². The fraction of sp³-hybridized carbons (Fsp3) is 0. The highest BCUT2D eigenvalue weighted by molar-refractivity contribution is 6.63. The van der Waals surface area contributed by atoms with E-state index in [2.05, 4.69) is 5.32 Å². The zero-order valence-electron chi connectivity index (χ0n) is 9.30. The van der Waals surface area contributed by atoms with Crippen molar-refractivity contribution in [2.75, 3.05) is 5.32 Å². The predicted molar refractivity (Wildman–Crippen MR) is 73.0 cm³/mol. The lowest BCUT2D eigenvalue weighted by molar-refractivity contribution is -0.393. The number of carbonyl (C=O) groups is 1. The molecule has 0 unspecified atom stereocenters. The minimum Gasteiger partial charge on any atom is -0.315 e. The minimum absolute atomic E-state index is 0.279. The predicted octanol–water partition coefficient (Wildman–Crippen LogP) is 3.33. The Bertz CT molecular complexity index is 627. The van der Waals surface area contributed by atoms with Gasteiger partial charge in [0.05, 0.1) is 15.9 Å². The van der Waals surface area contributed by atoms with Gasteiger partial charge in [-0.1, -0.05) is 34.8 Å². The van der Waals surface area contributed by atoms with Crippen LogP contribution in [-0.4, -0.2) is 15.8 Å². The highest BCUT2D eigenvalue weighted by Gasteiger charge is 2.22. The van der Waals surface area contributed by atoms with Gasteiger partial charge in [0.2, 0.25) is 0 Å². The van der Waals surface area contributed by atoms with Crippen LogP contribution in [0.25, 0.3) is 0 Å². The van der Waals surface area contributed by atoms with Gasteiger partial charge in [-0.2, -0.15) is 0 Å². The van der Waals surface area contributed by atoms with Gasteiger partial charge in [-0.15, -0.1) is 0 Å². The average molecular weight is 341 g/mol. The second-order valence-corrected chi connectivity index (χ2v) is 4.57. The lowest BCUT2D eigenvalue weighted by Crippen LogP contribution is -2.13. The van der Waals surface area contributed by atoms with E-state index in [9.17, 15) is 25.0 Å². The van der Waals surface area contributed by atoms with Crippen molar-refractivity contribution >= 4 is 57.8 Å². The number of non-ortho nitro benzene ring substituents is 1. The number of rotatable bonds is 4. The molecular formula is C9H4Cl3N3O5. The summed E-state index contributed by atoms with van der Waals surface area (Å²) in [5.41, 5.74) is -1.44. The normalized spacial score (nSPS) is 9.75. The van der Waals surface area contributed by atoms with Crippen LogP contribution in [0.15, 0.2) is 27.7 Å². The van der Waals surface area contributed by atoms with Gasteiger partial charge >= 0.3 is 0 Å². The van der Waals surface area contributed by atoms with Gasteiger partial charge in [0.25, 0.3) is 17.3 Å². The van der Waals surface area contributed by atoms with Crippen molar-refractivity contribution in [1.29, 1.82) is 0 Å². The molecule has 0 aliphatic rings. The van der Waals surface area contributed by atoms with Crippen LogP contribution in [0.2, 0.25) is 0 Å². The van der Waals surface area contributed by atoms with Crippen LogP contribution in [-0.2, 0) is 4.79 Å². The molecule has 1 aromatic rings. The van der Waals surface area contributed by atoms with Crippen LogP contribution < -0.4 is 5.32 Å². The maximum Gasteiger partial charge on any atom is 0.299 e. The Labute approximate surface area is 126 Å². The first-order valence-corrected chi connectivity index (χ1v) is 5.82. The number of nitrogens with zero attached hydrogens (tertiary/aromatic N) is 2. The number of anilines is 1. The quantitative estimate of drug-likeness (QED) is 0.512. The third kappa shape index (κ3) is 3.80. The summed E-state index contributed by atoms with van der Waals surface area (Å²) >= 11 is 16.0. The molecule has 0 aromatic heterocycles. The van der Waals surface area contributed by atoms with Crippen molar-refractivity contribution in [3.05, 3.63) is 48.0 Å². The van der Waals surface area contributed by atoms with Crippen LogP contribution in [0, 0.1) is 20.2 Å². The fourth-order valence-corrected chi connectivity index (χ4v) is 1.37. The molecule has 20 heavy (non-hydrogen) atoms. The van der Waals surface area contributed by atoms with E-state index in [4.69, 9.17) is 34.8 Å². The van der Waals surface area contributed by atoms with Crippen molar-refractivity contribution in [2.24, 2.45) is 0 Å². The summed E-state index contributed by atoms with van der Waals surface area (Å²) in [5, 5.41) is 22.9. The van der Waals surface area contributed by atoms with E-state index in [0.29, 0.717) is 6.07 Å². The van der Waals surface area contributed by atoms with E-state index in [1.807, 2.05) is 0 Å². The molecule has 0 radical (unpaired) electrons. The maximum absolute atomic E-state index is 11.5. The topological polar surface area (TPSA) is 115 Å². The SMILES string of the molecule is O=C(Nc1ccc([N+](=O)[O-])cc1[N+](=O)[O-])C(Cl)=C(Cl)Cl. The second kappa shape index (κ2) is 6.51. The van der Waals surface area contributed by atoms with Crippen LogP contribution in [0.3, 0.4) is 0 Å². The Morgan fingerprint density at radius 1 is 1.10 bits per heavy atom. The van der Waals surface area contributed by atoms with E-state index in [1.54, 1.807) is 0 Å². The van der Waals surface area contributed by atoms with Gasteiger partial charge < -0.3 is 5.32 Å². The number of nitro benzene ring substituents is 2. The molecule has 1 aromatic carbocycles. The van der Waals surface area contributed by atoms with Gasteiger partial charge in [0.15, 0.2) is 0 Å². The van der Waals surface area contributed by atoms with Crippen molar-refractivity contribution in [3.63, 3.8) is 0 Å². The Balaban J connectivity index is 3.19. The smallest absolute Gasteiger partial charge is 0.299 e. The molecule has 0 atom stereocenters. The standard InChI is InChI=1S/C9H4Cl3N3O5/c10-7(8(11)12)9(16)13-5-2-1-4(14(17)18)3-6(5)15(19)20/h1-3H,(H,13,16). The van der Waals surface area contributed by atoms with Gasteiger partial charge in [-0.05, 0) is 6.07 Å². The highest BCUT2D eigenvalue weighted by Crippen LogP contribution is 2.30. The number of halogens is 3. The zero-order chi connectivity index (χ0) is 15.4. The van der Waals surface area contributed by atoms with Crippen LogP contribution in [0.1, 0.15) is 0 Å². The number of benzene rings is 1. The molecule has 0 aliphatic carbocycles. The molecule has 1 amide bonds. The molecule has 0 bridgehead atoms. The Hall–Kier alpha value is -1.90. The van der Waals surface area contributed by atoms with E-state index in [1.165, 1.54) is 0 Å². The summed E-state index contributed by atoms with van der Waals surface area (Å²) < 4.78 is -0.520.